The van der Waals surface area contributed by atoms with E-state index in [2.05, 4.69) is 51.8 Å². The molecule has 2 aliphatic rings. The Morgan fingerprint density at radius 3 is 2.63 bits per heavy atom. The summed E-state index contributed by atoms with van der Waals surface area (Å²) >= 11 is 2.34. The Labute approximate surface area is 128 Å². The van der Waals surface area contributed by atoms with Gasteiger partial charge in [-0.25, -0.2) is 0 Å². The minimum absolute atomic E-state index is 0.325. The number of benzene rings is 1. The minimum atomic E-state index is 0.325. The molecule has 0 N–H and O–H groups in total. The average Bonchev–Trinajstić information content (AvgIpc) is 3.01. The van der Waals surface area contributed by atoms with Crippen molar-refractivity contribution in [2.24, 2.45) is 5.92 Å². The van der Waals surface area contributed by atoms with Crippen LogP contribution in [0.3, 0.4) is 0 Å². The van der Waals surface area contributed by atoms with Gasteiger partial charge in [0.15, 0.2) is 0 Å². The fourth-order valence-electron chi connectivity index (χ4n) is 3.58. The number of carbonyl (C=O) groups is 1. The second-order valence-electron chi connectivity index (χ2n) is 5.77. The molecule has 3 heteroatoms. The summed E-state index contributed by atoms with van der Waals surface area (Å²) in [6.07, 6.45) is 5.50. The number of rotatable bonds is 3. The fourth-order valence-corrected chi connectivity index (χ4v) is 3.94. The summed E-state index contributed by atoms with van der Waals surface area (Å²) in [7, 11) is 0. The quantitative estimate of drug-likeness (QED) is 0.759. The summed E-state index contributed by atoms with van der Waals surface area (Å²) in [5.74, 6) is 0.839. The lowest BCUT2D eigenvalue weighted by Gasteiger charge is -2.28. The Bertz CT molecular complexity index is 456. The molecule has 0 amide bonds. The fraction of sp³-hybridized carbons (Fsp3) is 0.562. The van der Waals surface area contributed by atoms with Gasteiger partial charge in [0.05, 0.1) is 0 Å². The molecule has 1 heterocycles. The van der Waals surface area contributed by atoms with Crippen LogP contribution < -0.4 is 0 Å². The van der Waals surface area contributed by atoms with Crippen LogP contribution in [0.2, 0.25) is 0 Å². The van der Waals surface area contributed by atoms with Gasteiger partial charge in [-0.2, -0.15) is 0 Å². The number of ketones is 1. The van der Waals surface area contributed by atoms with Crippen molar-refractivity contribution in [2.75, 3.05) is 6.54 Å². The summed E-state index contributed by atoms with van der Waals surface area (Å²) in [4.78, 5) is 14.5. The molecule has 0 radical (unpaired) electrons. The van der Waals surface area contributed by atoms with Crippen LogP contribution in [-0.2, 0) is 11.3 Å². The van der Waals surface area contributed by atoms with E-state index in [9.17, 15) is 4.79 Å². The van der Waals surface area contributed by atoms with Crippen molar-refractivity contribution in [3.05, 3.63) is 33.4 Å². The number of carbonyl (C=O) groups excluding carboxylic acids is 1. The Hall–Kier alpha value is -0.420. The number of hydrogen-bond acceptors (Lipinski definition) is 2. The van der Waals surface area contributed by atoms with Crippen LogP contribution in [0.5, 0.6) is 0 Å². The van der Waals surface area contributed by atoms with E-state index in [1.165, 1.54) is 22.0 Å². The molecule has 2 fully saturated rings. The molecule has 0 spiro atoms. The molecule has 0 aromatic heterocycles. The smallest absolute Gasteiger partial charge is 0.137 e. The molecule has 3 rings (SSSR count). The monoisotopic (exact) mass is 369 g/mol. The van der Waals surface area contributed by atoms with E-state index in [0.29, 0.717) is 17.7 Å². The van der Waals surface area contributed by atoms with Crippen molar-refractivity contribution >= 4 is 28.4 Å². The van der Waals surface area contributed by atoms with Crippen LogP contribution in [0.1, 0.15) is 37.7 Å². The van der Waals surface area contributed by atoms with Gasteiger partial charge < -0.3 is 0 Å². The van der Waals surface area contributed by atoms with Gasteiger partial charge in [-0.15, -0.1) is 0 Å². The van der Waals surface area contributed by atoms with Crippen LogP contribution >= 0.6 is 22.6 Å². The predicted octanol–water partition coefficient (Wildman–Crippen LogP) is 3.62. The van der Waals surface area contributed by atoms with E-state index in [1.54, 1.807) is 0 Å². The SMILES string of the molecule is O=C1CCCC1C1CCCN1Cc1ccc(I)cc1. The summed E-state index contributed by atoms with van der Waals surface area (Å²) < 4.78 is 1.28. The lowest BCUT2D eigenvalue weighted by Crippen LogP contribution is -2.36. The topological polar surface area (TPSA) is 20.3 Å². The van der Waals surface area contributed by atoms with Gasteiger partial charge in [0.25, 0.3) is 0 Å². The number of halogens is 1. The van der Waals surface area contributed by atoms with E-state index in [4.69, 9.17) is 0 Å². The van der Waals surface area contributed by atoms with Gasteiger partial charge in [-0.1, -0.05) is 12.1 Å². The van der Waals surface area contributed by atoms with E-state index in [1.807, 2.05) is 0 Å². The summed E-state index contributed by atoms with van der Waals surface area (Å²) in [6, 6.07) is 9.28. The van der Waals surface area contributed by atoms with E-state index in [0.717, 1.165) is 32.4 Å². The molecule has 2 unspecified atom stereocenters. The first kappa shape index (κ1) is 13.6. The standard InChI is InChI=1S/C16H20INO/c17-13-8-6-12(7-9-13)11-18-10-2-4-15(18)14-3-1-5-16(14)19/h6-9,14-15H,1-5,10-11H2. The van der Waals surface area contributed by atoms with Gasteiger partial charge in [0.1, 0.15) is 5.78 Å². The molecule has 1 aromatic rings. The number of Topliss-reactive ketones (excluding diaryl/α,β-unsaturated/α-hetero) is 1. The zero-order chi connectivity index (χ0) is 13.2. The highest BCUT2D eigenvalue weighted by Crippen LogP contribution is 2.34. The zero-order valence-electron chi connectivity index (χ0n) is 11.1. The van der Waals surface area contributed by atoms with E-state index in [-0.39, 0.29) is 0 Å². The van der Waals surface area contributed by atoms with Crippen molar-refractivity contribution in [2.45, 2.75) is 44.7 Å². The first-order chi connectivity index (χ1) is 9.24. The largest absolute Gasteiger partial charge is 0.299 e. The third kappa shape index (κ3) is 3.02. The minimum Gasteiger partial charge on any atom is -0.299 e. The Morgan fingerprint density at radius 1 is 1.16 bits per heavy atom. The molecule has 19 heavy (non-hydrogen) atoms. The molecule has 2 atom stereocenters. The molecular weight excluding hydrogens is 349 g/mol. The molecule has 2 nitrogen and oxygen atoms in total. The van der Waals surface area contributed by atoms with Crippen LogP contribution in [0.15, 0.2) is 24.3 Å². The van der Waals surface area contributed by atoms with E-state index >= 15 is 0 Å². The lowest BCUT2D eigenvalue weighted by atomic mass is 9.95. The molecule has 0 bridgehead atoms. The number of hydrogen-bond donors (Lipinski definition) is 0. The van der Waals surface area contributed by atoms with Crippen LogP contribution in [0.25, 0.3) is 0 Å². The summed E-state index contributed by atoms with van der Waals surface area (Å²) in [5, 5.41) is 0. The highest BCUT2D eigenvalue weighted by atomic mass is 127. The Kier molecular flexibility index (Phi) is 4.22. The van der Waals surface area contributed by atoms with E-state index < -0.39 is 0 Å². The highest BCUT2D eigenvalue weighted by molar-refractivity contribution is 14.1. The average molecular weight is 369 g/mol. The van der Waals surface area contributed by atoms with Gasteiger partial charge in [-0.3, -0.25) is 9.69 Å². The maximum Gasteiger partial charge on any atom is 0.137 e. The van der Waals surface area contributed by atoms with Crippen molar-refractivity contribution in [1.82, 2.24) is 4.90 Å². The third-order valence-corrected chi connectivity index (χ3v) is 5.25. The molecule has 102 valence electrons. The summed E-state index contributed by atoms with van der Waals surface area (Å²) in [5.41, 5.74) is 1.37. The Morgan fingerprint density at radius 2 is 1.95 bits per heavy atom. The normalized spacial score (nSPS) is 28.2. The molecule has 1 aliphatic heterocycles. The molecule has 1 saturated heterocycles. The maximum atomic E-state index is 12.0. The molecular formula is C16H20INO. The van der Waals surface area contributed by atoms with Gasteiger partial charge in [-0.05, 0) is 72.5 Å². The third-order valence-electron chi connectivity index (χ3n) is 4.53. The predicted molar refractivity (Wildman–Crippen MR) is 84.9 cm³/mol. The van der Waals surface area contributed by atoms with Gasteiger partial charge in [0, 0.05) is 28.5 Å². The zero-order valence-corrected chi connectivity index (χ0v) is 13.3. The maximum absolute atomic E-state index is 12.0. The van der Waals surface area contributed by atoms with Crippen molar-refractivity contribution in [1.29, 1.82) is 0 Å². The number of nitrogens with zero attached hydrogens (tertiary/aromatic N) is 1. The first-order valence-electron chi connectivity index (χ1n) is 7.25. The van der Waals surface area contributed by atoms with Crippen molar-refractivity contribution in [3.63, 3.8) is 0 Å². The molecule has 1 aromatic carbocycles. The second-order valence-corrected chi connectivity index (χ2v) is 7.02. The van der Waals surface area contributed by atoms with Crippen LogP contribution in [0, 0.1) is 9.49 Å². The number of likely N-dealkylation sites (tertiary alicyclic amines) is 1. The van der Waals surface area contributed by atoms with Gasteiger partial charge >= 0.3 is 0 Å². The summed E-state index contributed by atoms with van der Waals surface area (Å²) in [6.45, 7) is 2.16. The van der Waals surface area contributed by atoms with Crippen molar-refractivity contribution in [3.8, 4) is 0 Å². The highest BCUT2D eigenvalue weighted by Gasteiger charge is 2.37. The second kappa shape index (κ2) is 5.92. The Balaban J connectivity index is 1.69. The molecule has 1 aliphatic carbocycles. The first-order valence-corrected chi connectivity index (χ1v) is 8.33. The van der Waals surface area contributed by atoms with Crippen LogP contribution in [-0.4, -0.2) is 23.3 Å². The molecule has 1 saturated carbocycles. The van der Waals surface area contributed by atoms with Crippen molar-refractivity contribution < 1.29 is 4.79 Å². The lowest BCUT2D eigenvalue weighted by molar-refractivity contribution is -0.122. The van der Waals surface area contributed by atoms with Crippen LogP contribution in [0.4, 0.5) is 0 Å². The van der Waals surface area contributed by atoms with Gasteiger partial charge in [0.2, 0.25) is 0 Å².